The summed E-state index contributed by atoms with van der Waals surface area (Å²) in [7, 11) is 7.33. The molecule has 0 saturated heterocycles. The van der Waals surface area contributed by atoms with E-state index in [-0.39, 0.29) is 23.0 Å². The first kappa shape index (κ1) is 27.6. The smallest absolute Gasteiger partial charge is 0.372 e. The number of anilines is 4. The summed E-state index contributed by atoms with van der Waals surface area (Å²) in [6, 6.07) is 11.8. The van der Waals surface area contributed by atoms with Crippen LogP contribution in [0.4, 0.5) is 36.2 Å². The predicted molar refractivity (Wildman–Crippen MR) is 149 cm³/mol. The van der Waals surface area contributed by atoms with E-state index < -0.39 is 17.6 Å². The molecule has 0 saturated carbocycles. The molecule has 204 valence electrons. The Balaban J connectivity index is 1.78. The number of nitrogens with zero attached hydrogens (tertiary/aromatic N) is 5. The van der Waals surface area contributed by atoms with Gasteiger partial charge in [-0.2, -0.15) is 13.2 Å². The van der Waals surface area contributed by atoms with Crippen molar-refractivity contribution in [3.63, 3.8) is 0 Å². The minimum absolute atomic E-state index is 0.0133. The third kappa shape index (κ3) is 6.20. The number of benzene rings is 2. The van der Waals surface area contributed by atoms with Gasteiger partial charge in [0.1, 0.15) is 0 Å². The maximum Gasteiger partial charge on any atom is 0.418 e. The Hall–Kier alpha value is -4.38. The monoisotopic (exact) mass is 537 g/mol. The number of aryl methyl sites for hydroxylation is 1. The maximum absolute atomic E-state index is 14.3. The van der Waals surface area contributed by atoms with Crippen molar-refractivity contribution in [2.45, 2.75) is 6.18 Å². The van der Waals surface area contributed by atoms with E-state index in [1.54, 1.807) is 18.0 Å². The number of carbonyl (C=O) groups is 1. The number of amides is 1. The van der Waals surface area contributed by atoms with E-state index in [0.29, 0.717) is 18.8 Å². The summed E-state index contributed by atoms with van der Waals surface area (Å²) < 4.78 is 44.8. The Morgan fingerprint density at radius 2 is 1.85 bits per heavy atom. The molecule has 4 aromatic rings. The van der Waals surface area contributed by atoms with Gasteiger partial charge in [0, 0.05) is 56.0 Å². The van der Waals surface area contributed by atoms with Gasteiger partial charge >= 0.3 is 6.18 Å². The number of rotatable bonds is 9. The number of hydrogen-bond acceptors (Lipinski definition) is 6. The van der Waals surface area contributed by atoms with E-state index in [2.05, 4.69) is 27.2 Å². The molecule has 0 aliphatic rings. The summed E-state index contributed by atoms with van der Waals surface area (Å²) in [4.78, 5) is 24.4. The Morgan fingerprint density at radius 1 is 1.10 bits per heavy atom. The molecule has 0 spiro atoms. The molecular weight excluding hydrogens is 507 g/mol. The highest BCUT2D eigenvalue weighted by Crippen LogP contribution is 2.42. The molecule has 0 radical (unpaired) electrons. The van der Waals surface area contributed by atoms with Gasteiger partial charge < -0.3 is 25.0 Å². The number of carbonyl (C=O) groups excluding carboxylic acids is 1. The molecule has 0 unspecified atom stereocenters. The van der Waals surface area contributed by atoms with Crippen molar-refractivity contribution in [1.29, 1.82) is 0 Å². The Bertz CT molecular complexity index is 1510. The van der Waals surface area contributed by atoms with Crippen molar-refractivity contribution < 1.29 is 18.0 Å². The molecule has 4 rings (SSSR count). The van der Waals surface area contributed by atoms with Crippen LogP contribution >= 0.6 is 0 Å². The van der Waals surface area contributed by atoms with E-state index in [0.717, 1.165) is 28.6 Å². The highest BCUT2D eigenvalue weighted by Gasteiger charge is 2.35. The lowest BCUT2D eigenvalue weighted by Gasteiger charge is -2.26. The van der Waals surface area contributed by atoms with Crippen LogP contribution in [0.1, 0.15) is 5.56 Å². The molecule has 2 heterocycles. The standard InChI is InChI=1S/C28H30F3N7O/c1-6-26(39)33-23-16-22(20(28(29,30)31)15-25(23)37(4)14-13-36(2)3)35-27-32-12-11-21(34-27)19-17-38(5)24-10-8-7-9-18(19)24/h6-12,15-17H,1,13-14H2,2-5H3,(H,33,39)(H,32,34,35). The Labute approximate surface area is 224 Å². The van der Waals surface area contributed by atoms with E-state index in [1.165, 1.54) is 12.3 Å². The zero-order chi connectivity index (χ0) is 28.3. The molecule has 0 fully saturated rings. The number of likely N-dealkylation sites (N-methyl/N-ethyl adjacent to an activating group) is 2. The van der Waals surface area contributed by atoms with Crippen LogP contribution in [0.15, 0.2) is 67.5 Å². The first-order valence-corrected chi connectivity index (χ1v) is 12.2. The lowest BCUT2D eigenvalue weighted by Crippen LogP contribution is -2.29. The van der Waals surface area contributed by atoms with Crippen molar-refractivity contribution >= 4 is 39.8 Å². The fourth-order valence-electron chi connectivity index (χ4n) is 4.23. The molecule has 2 aromatic heterocycles. The summed E-state index contributed by atoms with van der Waals surface area (Å²) in [5.41, 5.74) is 1.59. The maximum atomic E-state index is 14.3. The highest BCUT2D eigenvalue weighted by atomic mass is 19.4. The number of hydrogen-bond donors (Lipinski definition) is 2. The zero-order valence-electron chi connectivity index (χ0n) is 22.2. The van der Waals surface area contributed by atoms with Crippen LogP contribution in [0.3, 0.4) is 0 Å². The van der Waals surface area contributed by atoms with Crippen LogP contribution in [-0.4, -0.2) is 59.6 Å². The van der Waals surface area contributed by atoms with Crippen LogP contribution in [0.2, 0.25) is 0 Å². The summed E-state index contributed by atoms with van der Waals surface area (Å²) >= 11 is 0. The largest absolute Gasteiger partial charge is 0.418 e. The second kappa shape index (κ2) is 11.2. The Kier molecular flexibility index (Phi) is 7.91. The van der Waals surface area contributed by atoms with Gasteiger partial charge in [0.2, 0.25) is 11.9 Å². The highest BCUT2D eigenvalue weighted by molar-refractivity contribution is 6.02. The normalized spacial score (nSPS) is 11.6. The molecule has 2 aromatic carbocycles. The summed E-state index contributed by atoms with van der Waals surface area (Å²) in [5, 5.41) is 6.33. The van der Waals surface area contributed by atoms with Gasteiger partial charge in [-0.1, -0.05) is 24.8 Å². The number of fused-ring (bicyclic) bond motifs is 1. The fraction of sp³-hybridized carbons (Fsp3) is 0.250. The molecule has 11 heteroatoms. The molecule has 8 nitrogen and oxygen atoms in total. The van der Waals surface area contributed by atoms with Crippen LogP contribution < -0.4 is 15.5 Å². The average Bonchev–Trinajstić information content (AvgIpc) is 3.23. The number of alkyl halides is 3. The van der Waals surface area contributed by atoms with Gasteiger partial charge in [-0.3, -0.25) is 4.79 Å². The summed E-state index contributed by atoms with van der Waals surface area (Å²) in [6.07, 6.45) is -0.221. The van der Waals surface area contributed by atoms with E-state index >= 15 is 0 Å². The third-order valence-corrected chi connectivity index (χ3v) is 6.25. The second-order valence-electron chi connectivity index (χ2n) is 9.39. The number of para-hydroxylation sites is 1. The average molecular weight is 538 g/mol. The van der Waals surface area contributed by atoms with Crippen molar-refractivity contribution in [3.8, 4) is 11.3 Å². The predicted octanol–water partition coefficient (Wildman–Crippen LogP) is 5.52. The van der Waals surface area contributed by atoms with Crippen molar-refractivity contribution in [3.05, 3.63) is 73.1 Å². The molecule has 0 bridgehead atoms. The van der Waals surface area contributed by atoms with Gasteiger partial charge in [0.05, 0.1) is 28.3 Å². The molecular formula is C28H30F3N7O. The van der Waals surface area contributed by atoms with Gasteiger partial charge in [-0.05, 0) is 44.4 Å². The first-order valence-electron chi connectivity index (χ1n) is 12.2. The van der Waals surface area contributed by atoms with Crippen molar-refractivity contribution in [1.82, 2.24) is 19.4 Å². The van der Waals surface area contributed by atoms with E-state index in [9.17, 15) is 18.0 Å². The van der Waals surface area contributed by atoms with Gasteiger partial charge in [0.15, 0.2) is 0 Å². The van der Waals surface area contributed by atoms with Crippen molar-refractivity contribution in [2.75, 3.05) is 49.8 Å². The van der Waals surface area contributed by atoms with Crippen LogP contribution in [0, 0.1) is 0 Å². The summed E-state index contributed by atoms with van der Waals surface area (Å²) in [5.74, 6) is -0.558. The van der Waals surface area contributed by atoms with E-state index in [4.69, 9.17) is 0 Å². The second-order valence-corrected chi connectivity index (χ2v) is 9.39. The van der Waals surface area contributed by atoms with Gasteiger partial charge in [-0.15, -0.1) is 0 Å². The minimum Gasteiger partial charge on any atom is -0.372 e. The van der Waals surface area contributed by atoms with Gasteiger partial charge in [0.25, 0.3) is 0 Å². The third-order valence-electron chi connectivity index (χ3n) is 6.25. The van der Waals surface area contributed by atoms with Gasteiger partial charge in [-0.25, -0.2) is 9.97 Å². The van der Waals surface area contributed by atoms with E-state index in [1.807, 2.05) is 61.1 Å². The molecule has 1 amide bonds. The van der Waals surface area contributed by atoms with Crippen molar-refractivity contribution in [2.24, 2.45) is 7.05 Å². The topological polar surface area (TPSA) is 78.3 Å². The fourth-order valence-corrected chi connectivity index (χ4v) is 4.23. The minimum atomic E-state index is -4.69. The summed E-state index contributed by atoms with van der Waals surface area (Å²) in [6.45, 7) is 4.48. The number of aromatic nitrogens is 3. The molecule has 0 aliphatic carbocycles. The number of nitrogens with one attached hydrogen (secondary N) is 2. The lowest BCUT2D eigenvalue weighted by molar-refractivity contribution is -0.136. The Morgan fingerprint density at radius 3 is 2.54 bits per heavy atom. The molecule has 39 heavy (non-hydrogen) atoms. The molecule has 0 aliphatic heterocycles. The quantitative estimate of drug-likeness (QED) is 0.274. The zero-order valence-corrected chi connectivity index (χ0v) is 22.2. The number of halogens is 3. The molecule has 2 N–H and O–H groups in total. The SMILES string of the molecule is C=CC(=O)Nc1cc(Nc2nccc(-c3cn(C)c4ccccc34)n2)c(C(F)(F)F)cc1N(C)CCN(C)C. The molecule has 0 atom stereocenters. The lowest BCUT2D eigenvalue weighted by atomic mass is 10.1. The van der Waals surface area contributed by atoms with Crippen LogP contribution in [0.25, 0.3) is 22.2 Å². The van der Waals surface area contributed by atoms with Crippen LogP contribution in [-0.2, 0) is 18.0 Å². The first-order chi connectivity index (χ1) is 18.5. The van der Waals surface area contributed by atoms with Crippen LogP contribution in [0.5, 0.6) is 0 Å².